The van der Waals surface area contributed by atoms with Gasteiger partial charge in [0.1, 0.15) is 5.82 Å². The van der Waals surface area contributed by atoms with Crippen molar-refractivity contribution in [3.8, 4) is 11.1 Å². The third kappa shape index (κ3) is 3.06. The Morgan fingerprint density at radius 2 is 1.67 bits per heavy atom. The lowest BCUT2D eigenvalue weighted by atomic mass is 10.00. The van der Waals surface area contributed by atoms with Crippen molar-refractivity contribution < 1.29 is 9.18 Å². The van der Waals surface area contributed by atoms with Crippen LogP contribution < -0.4 is 5.32 Å². The van der Waals surface area contributed by atoms with Gasteiger partial charge in [0.25, 0.3) is 5.91 Å². The Hall–Kier alpha value is -2.20. The first kappa shape index (κ1) is 15.3. The fourth-order valence-corrected chi connectivity index (χ4v) is 3.27. The van der Waals surface area contributed by atoms with Crippen molar-refractivity contribution in [3.05, 3.63) is 59.4 Å². The second-order valence-corrected chi connectivity index (χ2v) is 6.63. The topological polar surface area (TPSA) is 32.3 Å². The molecule has 0 unspecified atom stereocenters. The van der Waals surface area contributed by atoms with Crippen LogP contribution >= 0.6 is 0 Å². The molecule has 24 heavy (non-hydrogen) atoms. The summed E-state index contributed by atoms with van der Waals surface area (Å²) in [6.45, 7) is 2.77. The maximum atomic E-state index is 14.2. The molecule has 0 atom stereocenters. The summed E-state index contributed by atoms with van der Waals surface area (Å²) in [4.78, 5) is 14.3. The SMILES string of the molecule is O=C(c1cc(-c2ccc(C3CC3)cc2)ccc1F)N1CCNCC1. The summed E-state index contributed by atoms with van der Waals surface area (Å²) in [6, 6.07) is 13.3. The van der Waals surface area contributed by atoms with E-state index in [4.69, 9.17) is 0 Å². The summed E-state index contributed by atoms with van der Waals surface area (Å²) in [7, 11) is 0. The molecule has 2 aliphatic rings. The van der Waals surface area contributed by atoms with Gasteiger partial charge in [0, 0.05) is 26.2 Å². The van der Waals surface area contributed by atoms with Crippen molar-refractivity contribution in [2.75, 3.05) is 26.2 Å². The minimum atomic E-state index is -0.447. The fourth-order valence-electron chi connectivity index (χ4n) is 3.27. The zero-order valence-electron chi connectivity index (χ0n) is 13.6. The molecule has 1 amide bonds. The van der Waals surface area contributed by atoms with E-state index < -0.39 is 5.82 Å². The van der Waals surface area contributed by atoms with Crippen LogP contribution in [0, 0.1) is 5.82 Å². The molecule has 1 saturated carbocycles. The van der Waals surface area contributed by atoms with Crippen LogP contribution in [0.3, 0.4) is 0 Å². The zero-order valence-corrected chi connectivity index (χ0v) is 13.6. The molecule has 2 fully saturated rings. The van der Waals surface area contributed by atoms with E-state index in [1.165, 1.54) is 24.5 Å². The molecule has 4 rings (SSSR count). The van der Waals surface area contributed by atoms with E-state index in [0.717, 1.165) is 30.1 Å². The van der Waals surface area contributed by atoms with Gasteiger partial charge in [0.15, 0.2) is 0 Å². The van der Waals surface area contributed by atoms with Gasteiger partial charge in [-0.15, -0.1) is 0 Å². The molecule has 1 saturated heterocycles. The summed E-state index contributed by atoms with van der Waals surface area (Å²) in [5, 5.41) is 3.20. The Labute approximate surface area is 141 Å². The van der Waals surface area contributed by atoms with Crippen LogP contribution in [0.5, 0.6) is 0 Å². The molecule has 4 heteroatoms. The van der Waals surface area contributed by atoms with Crippen LogP contribution in [0.25, 0.3) is 11.1 Å². The van der Waals surface area contributed by atoms with Gasteiger partial charge < -0.3 is 10.2 Å². The minimum Gasteiger partial charge on any atom is -0.336 e. The molecule has 0 aromatic heterocycles. The Bertz CT molecular complexity index is 747. The average molecular weight is 324 g/mol. The Morgan fingerprint density at radius 1 is 1.00 bits per heavy atom. The highest BCUT2D eigenvalue weighted by Crippen LogP contribution is 2.40. The lowest BCUT2D eigenvalue weighted by Crippen LogP contribution is -2.46. The van der Waals surface area contributed by atoms with Crippen molar-refractivity contribution in [1.29, 1.82) is 0 Å². The second kappa shape index (κ2) is 6.36. The number of nitrogens with zero attached hydrogens (tertiary/aromatic N) is 1. The fraction of sp³-hybridized carbons (Fsp3) is 0.350. The molecular formula is C20H21FN2O. The Balaban J connectivity index is 1.61. The van der Waals surface area contributed by atoms with Gasteiger partial charge in [-0.2, -0.15) is 0 Å². The first-order chi connectivity index (χ1) is 11.7. The van der Waals surface area contributed by atoms with Gasteiger partial charge in [-0.3, -0.25) is 4.79 Å². The molecule has 1 N–H and O–H groups in total. The van der Waals surface area contributed by atoms with Crippen LogP contribution in [-0.4, -0.2) is 37.0 Å². The maximum absolute atomic E-state index is 14.2. The van der Waals surface area contributed by atoms with Crippen LogP contribution in [-0.2, 0) is 0 Å². The van der Waals surface area contributed by atoms with E-state index in [1.54, 1.807) is 17.0 Å². The van der Waals surface area contributed by atoms with Crippen molar-refractivity contribution in [3.63, 3.8) is 0 Å². The minimum absolute atomic E-state index is 0.167. The van der Waals surface area contributed by atoms with Crippen LogP contribution in [0.4, 0.5) is 4.39 Å². The van der Waals surface area contributed by atoms with Crippen LogP contribution in [0.1, 0.15) is 34.7 Å². The van der Waals surface area contributed by atoms with Gasteiger partial charge in [-0.25, -0.2) is 4.39 Å². The molecule has 124 valence electrons. The third-order valence-electron chi connectivity index (χ3n) is 4.89. The number of halogens is 1. The summed E-state index contributed by atoms with van der Waals surface area (Å²) >= 11 is 0. The number of amides is 1. The van der Waals surface area contributed by atoms with Gasteiger partial charge >= 0.3 is 0 Å². The van der Waals surface area contributed by atoms with Crippen LogP contribution in [0.15, 0.2) is 42.5 Å². The van der Waals surface area contributed by atoms with E-state index in [9.17, 15) is 9.18 Å². The maximum Gasteiger partial charge on any atom is 0.256 e. The lowest BCUT2D eigenvalue weighted by Gasteiger charge is -2.27. The highest BCUT2D eigenvalue weighted by atomic mass is 19.1. The molecule has 2 aromatic rings. The highest BCUT2D eigenvalue weighted by molar-refractivity contribution is 5.96. The van der Waals surface area contributed by atoms with E-state index in [2.05, 4.69) is 29.6 Å². The van der Waals surface area contributed by atoms with Crippen molar-refractivity contribution in [2.45, 2.75) is 18.8 Å². The second-order valence-electron chi connectivity index (χ2n) is 6.63. The lowest BCUT2D eigenvalue weighted by molar-refractivity contribution is 0.0731. The normalized spacial score (nSPS) is 17.8. The summed E-state index contributed by atoms with van der Waals surface area (Å²) in [5.74, 6) is 0.0550. The Morgan fingerprint density at radius 3 is 2.33 bits per heavy atom. The van der Waals surface area contributed by atoms with Crippen molar-refractivity contribution >= 4 is 5.91 Å². The van der Waals surface area contributed by atoms with Crippen LogP contribution in [0.2, 0.25) is 0 Å². The van der Waals surface area contributed by atoms with E-state index in [1.807, 2.05) is 0 Å². The number of carbonyl (C=O) groups is 1. The summed E-state index contributed by atoms with van der Waals surface area (Å²) in [5.41, 5.74) is 3.45. The van der Waals surface area contributed by atoms with E-state index >= 15 is 0 Å². The standard InChI is InChI=1S/C20H21FN2O/c21-19-8-7-17(16-5-3-15(4-6-16)14-1-2-14)13-18(19)20(24)23-11-9-22-10-12-23/h3-8,13-14,22H,1-2,9-12H2. The average Bonchev–Trinajstić information content (AvgIpc) is 3.48. The monoisotopic (exact) mass is 324 g/mol. The van der Waals surface area contributed by atoms with Gasteiger partial charge in [0.2, 0.25) is 0 Å². The third-order valence-corrected chi connectivity index (χ3v) is 4.89. The van der Waals surface area contributed by atoms with Crippen molar-refractivity contribution in [1.82, 2.24) is 10.2 Å². The number of hydrogen-bond acceptors (Lipinski definition) is 2. The predicted octanol–water partition coefficient (Wildman–Crippen LogP) is 3.42. The number of nitrogens with one attached hydrogen (secondary N) is 1. The molecule has 0 bridgehead atoms. The van der Waals surface area contributed by atoms with Gasteiger partial charge in [-0.05, 0) is 47.6 Å². The first-order valence-electron chi connectivity index (χ1n) is 8.62. The number of piperazine rings is 1. The van der Waals surface area contributed by atoms with E-state index in [-0.39, 0.29) is 11.5 Å². The van der Waals surface area contributed by atoms with Gasteiger partial charge in [-0.1, -0.05) is 30.3 Å². The smallest absolute Gasteiger partial charge is 0.256 e. The molecule has 3 nitrogen and oxygen atoms in total. The number of benzene rings is 2. The zero-order chi connectivity index (χ0) is 16.5. The summed E-state index contributed by atoms with van der Waals surface area (Å²) < 4.78 is 14.2. The Kier molecular flexibility index (Phi) is 4.07. The number of rotatable bonds is 3. The quantitative estimate of drug-likeness (QED) is 0.938. The molecular weight excluding hydrogens is 303 g/mol. The molecule has 1 heterocycles. The highest BCUT2D eigenvalue weighted by Gasteiger charge is 2.24. The molecule has 2 aromatic carbocycles. The molecule has 1 aliphatic carbocycles. The number of carbonyl (C=O) groups excluding carboxylic acids is 1. The molecule has 0 radical (unpaired) electrons. The largest absolute Gasteiger partial charge is 0.336 e. The van der Waals surface area contributed by atoms with E-state index in [0.29, 0.717) is 13.1 Å². The molecule has 0 spiro atoms. The first-order valence-corrected chi connectivity index (χ1v) is 8.62. The van der Waals surface area contributed by atoms with Gasteiger partial charge in [0.05, 0.1) is 5.56 Å². The number of hydrogen-bond donors (Lipinski definition) is 1. The molecule has 1 aliphatic heterocycles. The van der Waals surface area contributed by atoms with Crippen molar-refractivity contribution in [2.24, 2.45) is 0 Å². The predicted molar refractivity (Wildman–Crippen MR) is 92.6 cm³/mol. The summed E-state index contributed by atoms with van der Waals surface area (Å²) in [6.07, 6.45) is 2.55.